The van der Waals surface area contributed by atoms with Gasteiger partial charge in [-0.05, 0) is 17.5 Å². The van der Waals surface area contributed by atoms with Crippen molar-refractivity contribution < 1.29 is 4.79 Å². The van der Waals surface area contributed by atoms with E-state index in [1.807, 2.05) is 0 Å². The first-order chi connectivity index (χ1) is 5.41. The molecule has 2 heteroatoms. The van der Waals surface area contributed by atoms with Gasteiger partial charge in [0.25, 0.3) is 0 Å². The van der Waals surface area contributed by atoms with E-state index >= 15 is 0 Å². The first kappa shape index (κ1) is 9.71. The standard InChI is InChI=1S/C10H18OSi/c1-8-5-6-9(11)7-10(8)12(2,3)4/h5-6,8,10H,7H2,1-4H3/t8-,10-/m0/s1. The van der Waals surface area contributed by atoms with Crippen LogP contribution in [0.25, 0.3) is 0 Å². The highest BCUT2D eigenvalue weighted by Crippen LogP contribution is 2.36. The van der Waals surface area contributed by atoms with E-state index in [2.05, 4.69) is 32.6 Å². The normalized spacial score (nSPS) is 30.8. The summed E-state index contributed by atoms with van der Waals surface area (Å²) in [5.41, 5.74) is 0.648. The molecule has 0 aliphatic heterocycles. The zero-order valence-corrected chi connectivity index (χ0v) is 9.42. The van der Waals surface area contributed by atoms with Gasteiger partial charge in [0.05, 0.1) is 0 Å². The lowest BCUT2D eigenvalue weighted by Crippen LogP contribution is -2.34. The fourth-order valence-electron chi connectivity index (χ4n) is 1.96. The highest BCUT2D eigenvalue weighted by molar-refractivity contribution is 6.77. The Kier molecular flexibility index (Phi) is 2.57. The van der Waals surface area contributed by atoms with Gasteiger partial charge in [0.1, 0.15) is 0 Å². The lowest BCUT2D eigenvalue weighted by atomic mass is 9.96. The molecule has 0 fully saturated rings. The lowest BCUT2D eigenvalue weighted by molar-refractivity contribution is -0.115. The molecule has 68 valence electrons. The molecule has 0 aromatic carbocycles. The molecule has 0 radical (unpaired) electrons. The van der Waals surface area contributed by atoms with Crippen molar-refractivity contribution in [2.75, 3.05) is 0 Å². The molecule has 0 amide bonds. The average Bonchev–Trinajstić information content (AvgIpc) is 1.92. The van der Waals surface area contributed by atoms with Crippen LogP contribution in [0, 0.1) is 5.92 Å². The van der Waals surface area contributed by atoms with Crippen LogP contribution in [0.15, 0.2) is 12.2 Å². The monoisotopic (exact) mass is 182 g/mol. The average molecular weight is 182 g/mol. The smallest absolute Gasteiger partial charge is 0.155 e. The summed E-state index contributed by atoms with van der Waals surface area (Å²) in [5.74, 6) is 0.926. The number of carbonyl (C=O) groups is 1. The van der Waals surface area contributed by atoms with E-state index in [4.69, 9.17) is 0 Å². The Labute approximate surface area is 75.9 Å². The minimum absolute atomic E-state index is 0.320. The second-order valence-corrected chi connectivity index (χ2v) is 10.3. The Morgan fingerprint density at radius 3 is 2.42 bits per heavy atom. The van der Waals surface area contributed by atoms with Gasteiger partial charge in [-0.2, -0.15) is 0 Å². The van der Waals surface area contributed by atoms with Gasteiger partial charge in [0.2, 0.25) is 0 Å². The Bertz CT molecular complexity index is 212. The van der Waals surface area contributed by atoms with Gasteiger partial charge in [0.15, 0.2) is 5.78 Å². The fraction of sp³-hybridized carbons (Fsp3) is 0.700. The molecule has 0 aromatic rings. The maximum absolute atomic E-state index is 11.2. The third kappa shape index (κ3) is 2.06. The SMILES string of the molecule is C[C@H]1C=CC(=O)C[C@@H]1[Si](C)(C)C. The Hall–Kier alpha value is -0.373. The van der Waals surface area contributed by atoms with E-state index in [9.17, 15) is 4.79 Å². The van der Waals surface area contributed by atoms with Gasteiger partial charge < -0.3 is 0 Å². The van der Waals surface area contributed by atoms with Gasteiger partial charge in [-0.3, -0.25) is 4.79 Å². The van der Waals surface area contributed by atoms with Crippen molar-refractivity contribution in [3.05, 3.63) is 12.2 Å². The molecule has 0 N–H and O–H groups in total. The van der Waals surface area contributed by atoms with E-state index in [0.717, 1.165) is 6.42 Å². The fourth-order valence-corrected chi connectivity index (χ4v) is 4.46. The van der Waals surface area contributed by atoms with E-state index in [1.54, 1.807) is 6.08 Å². The predicted molar refractivity (Wildman–Crippen MR) is 55.0 cm³/mol. The highest BCUT2D eigenvalue weighted by atomic mass is 28.3. The summed E-state index contributed by atoms with van der Waals surface area (Å²) in [6.45, 7) is 9.27. The van der Waals surface area contributed by atoms with Crippen LogP contribution in [0.3, 0.4) is 0 Å². The molecule has 0 bridgehead atoms. The molecular weight excluding hydrogens is 164 g/mol. The molecule has 2 atom stereocenters. The number of hydrogen-bond acceptors (Lipinski definition) is 1. The van der Waals surface area contributed by atoms with Crippen molar-refractivity contribution in [3.8, 4) is 0 Å². The van der Waals surface area contributed by atoms with Crippen LogP contribution in [-0.4, -0.2) is 13.9 Å². The van der Waals surface area contributed by atoms with Crippen LogP contribution in [-0.2, 0) is 4.79 Å². The summed E-state index contributed by atoms with van der Waals surface area (Å²) in [5, 5.41) is 0. The highest BCUT2D eigenvalue weighted by Gasteiger charge is 2.33. The number of rotatable bonds is 1. The van der Waals surface area contributed by atoms with E-state index in [1.165, 1.54) is 0 Å². The Morgan fingerprint density at radius 2 is 2.00 bits per heavy atom. The molecule has 0 saturated heterocycles. The molecule has 1 rings (SSSR count). The maximum atomic E-state index is 11.2. The maximum Gasteiger partial charge on any atom is 0.155 e. The van der Waals surface area contributed by atoms with Crippen LogP contribution in [0.2, 0.25) is 25.2 Å². The van der Waals surface area contributed by atoms with Crippen molar-refractivity contribution in [1.82, 2.24) is 0 Å². The van der Waals surface area contributed by atoms with Crippen molar-refractivity contribution in [1.29, 1.82) is 0 Å². The van der Waals surface area contributed by atoms with Crippen LogP contribution in [0.4, 0.5) is 0 Å². The Balaban J connectivity index is 2.79. The molecule has 0 saturated carbocycles. The third-order valence-electron chi connectivity index (χ3n) is 2.75. The van der Waals surface area contributed by atoms with Crippen molar-refractivity contribution in [3.63, 3.8) is 0 Å². The topological polar surface area (TPSA) is 17.1 Å². The van der Waals surface area contributed by atoms with Crippen molar-refractivity contribution in [2.24, 2.45) is 5.92 Å². The molecule has 1 aliphatic rings. The van der Waals surface area contributed by atoms with E-state index in [-0.39, 0.29) is 0 Å². The van der Waals surface area contributed by atoms with E-state index < -0.39 is 8.07 Å². The molecule has 1 aliphatic carbocycles. The summed E-state index contributed by atoms with van der Waals surface area (Å²) in [6, 6.07) is 0. The molecular formula is C10H18OSi. The number of ketones is 1. The van der Waals surface area contributed by atoms with Gasteiger partial charge in [-0.1, -0.05) is 32.6 Å². The van der Waals surface area contributed by atoms with Crippen molar-refractivity contribution in [2.45, 2.75) is 38.5 Å². The number of allylic oxidation sites excluding steroid dienone is 2. The lowest BCUT2D eigenvalue weighted by Gasteiger charge is -2.34. The number of hydrogen-bond donors (Lipinski definition) is 0. The minimum Gasteiger partial charge on any atom is -0.295 e. The Morgan fingerprint density at radius 1 is 1.42 bits per heavy atom. The van der Waals surface area contributed by atoms with Crippen LogP contribution in [0.1, 0.15) is 13.3 Å². The molecule has 12 heavy (non-hydrogen) atoms. The predicted octanol–water partition coefficient (Wildman–Crippen LogP) is 2.86. The minimum atomic E-state index is -1.13. The second kappa shape index (κ2) is 3.17. The molecule has 0 unspecified atom stereocenters. The zero-order valence-electron chi connectivity index (χ0n) is 8.42. The molecule has 1 nitrogen and oxygen atoms in total. The van der Waals surface area contributed by atoms with Gasteiger partial charge in [-0.25, -0.2) is 0 Å². The summed E-state index contributed by atoms with van der Waals surface area (Å²) in [6.07, 6.45) is 4.61. The third-order valence-corrected chi connectivity index (χ3v) is 5.71. The summed E-state index contributed by atoms with van der Waals surface area (Å²) in [7, 11) is -1.13. The van der Waals surface area contributed by atoms with Gasteiger partial charge >= 0.3 is 0 Å². The van der Waals surface area contributed by atoms with Crippen LogP contribution >= 0.6 is 0 Å². The van der Waals surface area contributed by atoms with Gasteiger partial charge in [0, 0.05) is 14.5 Å². The van der Waals surface area contributed by atoms with E-state index in [0.29, 0.717) is 17.2 Å². The quantitative estimate of drug-likeness (QED) is 0.570. The van der Waals surface area contributed by atoms with Crippen LogP contribution < -0.4 is 0 Å². The zero-order chi connectivity index (χ0) is 9.35. The molecule has 0 aromatic heterocycles. The number of carbonyl (C=O) groups excluding carboxylic acids is 1. The van der Waals surface area contributed by atoms with Crippen molar-refractivity contribution >= 4 is 13.9 Å². The summed E-state index contributed by atoms with van der Waals surface area (Å²) < 4.78 is 0. The largest absolute Gasteiger partial charge is 0.295 e. The van der Waals surface area contributed by atoms with Gasteiger partial charge in [-0.15, -0.1) is 0 Å². The first-order valence-electron chi connectivity index (χ1n) is 4.62. The summed E-state index contributed by atoms with van der Waals surface area (Å²) in [4.78, 5) is 11.2. The molecule has 0 spiro atoms. The van der Waals surface area contributed by atoms with Crippen LogP contribution in [0.5, 0.6) is 0 Å². The second-order valence-electron chi connectivity index (χ2n) is 4.86. The first-order valence-corrected chi connectivity index (χ1v) is 8.20. The summed E-state index contributed by atoms with van der Waals surface area (Å²) >= 11 is 0. The molecule has 0 heterocycles.